The molecule has 1 saturated heterocycles. The van der Waals surface area contributed by atoms with Gasteiger partial charge in [0.2, 0.25) is 10.0 Å². The minimum Gasteiger partial charge on any atom is -0.491 e. The molecule has 1 aliphatic heterocycles. The van der Waals surface area contributed by atoms with E-state index in [0.717, 1.165) is 0 Å². The molecule has 112 valence electrons. The Morgan fingerprint density at radius 1 is 1.40 bits per heavy atom. The molecule has 1 atom stereocenters. The van der Waals surface area contributed by atoms with Crippen LogP contribution >= 0.6 is 0 Å². The van der Waals surface area contributed by atoms with Crippen molar-refractivity contribution in [2.24, 2.45) is 0 Å². The smallest absolute Gasteiger partial charge is 0.243 e. The van der Waals surface area contributed by atoms with E-state index >= 15 is 0 Å². The molecule has 0 spiro atoms. The van der Waals surface area contributed by atoms with Crippen molar-refractivity contribution in [3.8, 4) is 5.75 Å². The summed E-state index contributed by atoms with van der Waals surface area (Å²) in [7, 11) is -1.94. The average Bonchev–Trinajstić information content (AvgIpc) is 2.98. The van der Waals surface area contributed by atoms with E-state index < -0.39 is 10.0 Å². The number of aliphatic hydroxyl groups excluding tert-OH is 1. The van der Waals surface area contributed by atoms with Gasteiger partial charge in [-0.25, -0.2) is 8.42 Å². The predicted octanol–water partition coefficient (Wildman–Crippen LogP) is 0.467. The van der Waals surface area contributed by atoms with Crippen molar-refractivity contribution in [3.05, 3.63) is 24.3 Å². The fourth-order valence-corrected chi connectivity index (χ4v) is 3.41. The van der Waals surface area contributed by atoms with Gasteiger partial charge in [-0.15, -0.1) is 0 Å². The monoisotopic (exact) mass is 301 g/mol. The van der Waals surface area contributed by atoms with Gasteiger partial charge in [-0.1, -0.05) is 0 Å². The molecule has 0 saturated carbocycles. The Hall–Kier alpha value is -1.15. The second-order valence-electron chi connectivity index (χ2n) is 4.58. The average molecular weight is 301 g/mol. The Labute approximate surface area is 119 Å². The number of nitrogens with zero attached hydrogens (tertiary/aromatic N) is 1. The maximum atomic E-state index is 12.4. The van der Waals surface area contributed by atoms with Crippen LogP contribution in [0.25, 0.3) is 0 Å². The minimum atomic E-state index is -3.51. The first-order chi connectivity index (χ1) is 9.55. The standard InChI is InChI=1S/C13H19NO5S/c1-14(11-6-8-18-10-11)20(16,17)13-4-2-12(3-5-13)19-9-7-15/h2-5,11,15H,6-10H2,1H3. The van der Waals surface area contributed by atoms with Crippen molar-refractivity contribution in [1.29, 1.82) is 0 Å². The Morgan fingerprint density at radius 2 is 2.10 bits per heavy atom. The summed E-state index contributed by atoms with van der Waals surface area (Å²) in [5.74, 6) is 0.532. The Bertz CT molecular complexity index is 522. The van der Waals surface area contributed by atoms with Gasteiger partial charge in [-0.05, 0) is 30.7 Å². The molecule has 1 fully saturated rings. The molecule has 0 radical (unpaired) electrons. The molecule has 0 aliphatic carbocycles. The lowest BCUT2D eigenvalue weighted by molar-refractivity contribution is 0.181. The molecule has 0 bridgehead atoms. The number of hydrogen-bond acceptors (Lipinski definition) is 5. The van der Waals surface area contributed by atoms with E-state index in [4.69, 9.17) is 14.6 Å². The van der Waals surface area contributed by atoms with Gasteiger partial charge in [0.25, 0.3) is 0 Å². The lowest BCUT2D eigenvalue weighted by Crippen LogP contribution is -2.37. The third kappa shape index (κ3) is 3.29. The van der Waals surface area contributed by atoms with Crippen LogP contribution in [-0.4, -0.2) is 57.3 Å². The summed E-state index contributed by atoms with van der Waals surface area (Å²) in [5, 5.41) is 8.67. The first-order valence-electron chi connectivity index (χ1n) is 6.45. The lowest BCUT2D eigenvalue weighted by atomic mass is 10.3. The zero-order chi connectivity index (χ0) is 14.6. The fraction of sp³-hybridized carbons (Fsp3) is 0.538. The highest BCUT2D eigenvalue weighted by Crippen LogP contribution is 2.22. The summed E-state index contributed by atoms with van der Waals surface area (Å²) in [6, 6.07) is 6.08. The highest BCUT2D eigenvalue weighted by atomic mass is 32.2. The van der Waals surface area contributed by atoms with Gasteiger partial charge in [-0.2, -0.15) is 4.31 Å². The minimum absolute atomic E-state index is 0.0789. The number of aliphatic hydroxyl groups is 1. The Kier molecular flexibility index (Phi) is 4.98. The summed E-state index contributed by atoms with van der Waals surface area (Å²) in [4.78, 5) is 0.225. The zero-order valence-electron chi connectivity index (χ0n) is 11.4. The second-order valence-corrected chi connectivity index (χ2v) is 6.58. The van der Waals surface area contributed by atoms with Crippen molar-refractivity contribution in [3.63, 3.8) is 0 Å². The highest BCUT2D eigenvalue weighted by Gasteiger charge is 2.30. The molecule has 7 heteroatoms. The number of likely N-dealkylation sites (N-methyl/N-ethyl adjacent to an activating group) is 1. The second kappa shape index (κ2) is 6.53. The van der Waals surface area contributed by atoms with E-state index in [2.05, 4.69) is 0 Å². The zero-order valence-corrected chi connectivity index (χ0v) is 12.2. The van der Waals surface area contributed by atoms with Crippen LogP contribution in [0.15, 0.2) is 29.2 Å². The first-order valence-corrected chi connectivity index (χ1v) is 7.89. The van der Waals surface area contributed by atoms with E-state index in [0.29, 0.717) is 25.4 Å². The third-order valence-electron chi connectivity index (χ3n) is 3.28. The van der Waals surface area contributed by atoms with Crippen molar-refractivity contribution < 1.29 is 23.0 Å². The molecule has 0 aromatic heterocycles. The largest absolute Gasteiger partial charge is 0.491 e. The van der Waals surface area contributed by atoms with Crippen molar-refractivity contribution in [2.45, 2.75) is 17.4 Å². The molecule has 1 aromatic carbocycles. The van der Waals surface area contributed by atoms with Crippen LogP contribution in [0.5, 0.6) is 5.75 Å². The molecule has 1 heterocycles. The molecule has 1 unspecified atom stereocenters. The van der Waals surface area contributed by atoms with Crippen LogP contribution < -0.4 is 4.74 Å². The Balaban J connectivity index is 2.12. The molecule has 1 N–H and O–H groups in total. The molecule has 20 heavy (non-hydrogen) atoms. The van der Waals surface area contributed by atoms with E-state index in [-0.39, 0.29) is 24.2 Å². The van der Waals surface area contributed by atoms with Crippen LogP contribution in [0.4, 0.5) is 0 Å². The van der Waals surface area contributed by atoms with Crippen LogP contribution in [0.3, 0.4) is 0 Å². The maximum Gasteiger partial charge on any atom is 0.243 e. The highest BCUT2D eigenvalue weighted by molar-refractivity contribution is 7.89. The normalized spacial score (nSPS) is 19.4. The van der Waals surface area contributed by atoms with E-state index in [1.54, 1.807) is 19.2 Å². The number of sulfonamides is 1. The molecule has 6 nitrogen and oxygen atoms in total. The fourth-order valence-electron chi connectivity index (χ4n) is 2.04. The van der Waals surface area contributed by atoms with Crippen molar-refractivity contribution in [1.82, 2.24) is 4.31 Å². The molecular formula is C13H19NO5S. The first kappa shape index (κ1) is 15.2. The van der Waals surface area contributed by atoms with Gasteiger partial charge in [0.1, 0.15) is 12.4 Å². The van der Waals surface area contributed by atoms with E-state index in [1.807, 2.05) is 0 Å². The number of ether oxygens (including phenoxy) is 2. The van der Waals surface area contributed by atoms with E-state index in [1.165, 1.54) is 16.4 Å². The summed E-state index contributed by atoms with van der Waals surface area (Å²) in [6.07, 6.45) is 0.716. The lowest BCUT2D eigenvalue weighted by Gasteiger charge is -2.22. The number of benzene rings is 1. The van der Waals surface area contributed by atoms with Crippen molar-refractivity contribution in [2.75, 3.05) is 33.5 Å². The number of hydrogen-bond donors (Lipinski definition) is 1. The van der Waals surface area contributed by atoms with Crippen LogP contribution in [0, 0.1) is 0 Å². The van der Waals surface area contributed by atoms with Gasteiger partial charge in [0.15, 0.2) is 0 Å². The van der Waals surface area contributed by atoms with Crippen LogP contribution in [0.1, 0.15) is 6.42 Å². The van der Waals surface area contributed by atoms with Crippen LogP contribution in [-0.2, 0) is 14.8 Å². The number of rotatable bonds is 6. The van der Waals surface area contributed by atoms with Crippen LogP contribution in [0.2, 0.25) is 0 Å². The topological polar surface area (TPSA) is 76.1 Å². The summed E-state index contributed by atoms with van der Waals surface area (Å²) in [5.41, 5.74) is 0. The molecule has 1 aliphatic rings. The predicted molar refractivity (Wildman–Crippen MR) is 73.2 cm³/mol. The molecular weight excluding hydrogens is 282 g/mol. The SMILES string of the molecule is CN(C1CCOC1)S(=O)(=O)c1ccc(OCCO)cc1. The van der Waals surface area contributed by atoms with Gasteiger partial charge in [0.05, 0.1) is 24.2 Å². The Morgan fingerprint density at radius 3 is 2.65 bits per heavy atom. The van der Waals surface area contributed by atoms with Gasteiger partial charge in [-0.3, -0.25) is 0 Å². The van der Waals surface area contributed by atoms with Gasteiger partial charge < -0.3 is 14.6 Å². The third-order valence-corrected chi connectivity index (χ3v) is 5.20. The summed E-state index contributed by atoms with van der Waals surface area (Å²) < 4.78 is 36.7. The van der Waals surface area contributed by atoms with Gasteiger partial charge in [0, 0.05) is 13.7 Å². The molecule has 2 rings (SSSR count). The van der Waals surface area contributed by atoms with Crippen molar-refractivity contribution >= 4 is 10.0 Å². The maximum absolute atomic E-state index is 12.4. The quantitative estimate of drug-likeness (QED) is 0.826. The molecule has 0 amide bonds. The van der Waals surface area contributed by atoms with Gasteiger partial charge >= 0.3 is 0 Å². The van der Waals surface area contributed by atoms with E-state index in [9.17, 15) is 8.42 Å². The molecule has 1 aromatic rings. The summed E-state index contributed by atoms with van der Waals surface area (Å²) in [6.45, 7) is 1.14. The summed E-state index contributed by atoms with van der Waals surface area (Å²) >= 11 is 0.